The first kappa shape index (κ1) is 14.5. The van der Waals surface area contributed by atoms with E-state index in [0.717, 1.165) is 18.5 Å². The Hall–Kier alpha value is -0.860. The number of aliphatic hydroxyl groups is 1. The molecule has 0 amide bonds. The maximum Gasteiger partial charge on any atom is 0.0942 e. The van der Waals surface area contributed by atoms with Crippen molar-refractivity contribution in [2.45, 2.75) is 64.6 Å². The van der Waals surface area contributed by atoms with Crippen LogP contribution in [0.4, 0.5) is 0 Å². The lowest BCUT2D eigenvalue weighted by molar-refractivity contribution is 0.0496. The summed E-state index contributed by atoms with van der Waals surface area (Å²) in [6.45, 7) is 7.69. The van der Waals surface area contributed by atoms with Crippen molar-refractivity contribution in [1.82, 2.24) is 4.90 Å². The molecular formula is C17H27NO. The van der Waals surface area contributed by atoms with Crippen molar-refractivity contribution in [1.29, 1.82) is 0 Å². The van der Waals surface area contributed by atoms with Crippen LogP contribution in [0.15, 0.2) is 24.3 Å². The molecule has 1 aliphatic heterocycles. The van der Waals surface area contributed by atoms with Gasteiger partial charge in [-0.05, 0) is 50.3 Å². The van der Waals surface area contributed by atoms with E-state index in [1.807, 2.05) is 0 Å². The first-order valence-corrected chi connectivity index (χ1v) is 7.70. The molecule has 106 valence electrons. The Morgan fingerprint density at radius 3 is 2.53 bits per heavy atom. The predicted octanol–water partition coefficient (Wildman–Crippen LogP) is 3.55. The summed E-state index contributed by atoms with van der Waals surface area (Å²) < 4.78 is 0. The van der Waals surface area contributed by atoms with Gasteiger partial charge in [-0.2, -0.15) is 0 Å². The lowest BCUT2D eigenvalue weighted by atomic mass is 9.99. The molecule has 0 bridgehead atoms. The summed E-state index contributed by atoms with van der Waals surface area (Å²) in [5.74, 6) is 0. The zero-order valence-corrected chi connectivity index (χ0v) is 12.5. The van der Waals surface area contributed by atoms with Gasteiger partial charge in [-0.1, -0.05) is 38.1 Å². The SMILES string of the molecule is CCc1ccc(C(O)C(C)N2CCCC2CC)cc1. The highest BCUT2D eigenvalue weighted by Crippen LogP contribution is 2.29. The molecule has 3 unspecified atom stereocenters. The number of rotatable bonds is 5. The quantitative estimate of drug-likeness (QED) is 0.876. The van der Waals surface area contributed by atoms with E-state index >= 15 is 0 Å². The van der Waals surface area contributed by atoms with Crippen LogP contribution in [0.25, 0.3) is 0 Å². The molecule has 1 aromatic rings. The zero-order valence-electron chi connectivity index (χ0n) is 12.5. The van der Waals surface area contributed by atoms with E-state index in [-0.39, 0.29) is 12.1 Å². The number of aryl methyl sites for hydroxylation is 1. The minimum atomic E-state index is -0.377. The van der Waals surface area contributed by atoms with Gasteiger partial charge in [-0.15, -0.1) is 0 Å². The summed E-state index contributed by atoms with van der Waals surface area (Å²) in [6.07, 6.45) is 4.41. The molecular weight excluding hydrogens is 234 g/mol. The number of hydrogen-bond donors (Lipinski definition) is 1. The van der Waals surface area contributed by atoms with E-state index in [1.165, 1.54) is 24.8 Å². The number of aliphatic hydroxyl groups excluding tert-OH is 1. The number of likely N-dealkylation sites (tertiary alicyclic amines) is 1. The predicted molar refractivity (Wildman–Crippen MR) is 80.3 cm³/mol. The number of hydrogen-bond acceptors (Lipinski definition) is 2. The van der Waals surface area contributed by atoms with Gasteiger partial charge in [0.2, 0.25) is 0 Å². The van der Waals surface area contributed by atoms with Crippen molar-refractivity contribution < 1.29 is 5.11 Å². The summed E-state index contributed by atoms with van der Waals surface area (Å²) >= 11 is 0. The highest BCUT2D eigenvalue weighted by Gasteiger charge is 2.31. The molecule has 0 aliphatic carbocycles. The molecule has 2 rings (SSSR count). The van der Waals surface area contributed by atoms with Gasteiger partial charge in [0, 0.05) is 12.1 Å². The Labute approximate surface area is 117 Å². The first-order chi connectivity index (χ1) is 9.17. The molecule has 0 saturated carbocycles. The Morgan fingerprint density at radius 1 is 1.26 bits per heavy atom. The molecule has 0 radical (unpaired) electrons. The molecule has 0 spiro atoms. The second-order valence-corrected chi connectivity index (χ2v) is 5.72. The highest BCUT2D eigenvalue weighted by atomic mass is 16.3. The number of benzene rings is 1. The molecule has 19 heavy (non-hydrogen) atoms. The number of nitrogens with zero attached hydrogens (tertiary/aromatic N) is 1. The van der Waals surface area contributed by atoms with Gasteiger partial charge in [-0.25, -0.2) is 0 Å². The fourth-order valence-corrected chi connectivity index (χ4v) is 3.24. The van der Waals surface area contributed by atoms with Gasteiger partial charge < -0.3 is 5.11 Å². The Bertz CT molecular complexity index is 387. The summed E-state index contributed by atoms with van der Waals surface area (Å²) in [4.78, 5) is 2.48. The fourth-order valence-electron chi connectivity index (χ4n) is 3.24. The van der Waals surface area contributed by atoms with E-state index in [0.29, 0.717) is 6.04 Å². The zero-order chi connectivity index (χ0) is 13.8. The van der Waals surface area contributed by atoms with E-state index in [1.54, 1.807) is 0 Å². The standard InChI is InChI=1S/C17H27NO/c1-4-14-8-10-15(11-9-14)17(19)13(3)18-12-6-7-16(18)5-2/h8-11,13,16-17,19H,4-7,12H2,1-3H3. The van der Waals surface area contributed by atoms with Crippen molar-refractivity contribution in [3.63, 3.8) is 0 Å². The third-order valence-corrected chi connectivity index (χ3v) is 4.60. The van der Waals surface area contributed by atoms with Crippen LogP contribution in [0.1, 0.15) is 57.3 Å². The van der Waals surface area contributed by atoms with Crippen LogP contribution in [-0.4, -0.2) is 28.6 Å². The molecule has 1 aliphatic rings. The van der Waals surface area contributed by atoms with Gasteiger partial charge in [0.05, 0.1) is 6.10 Å². The van der Waals surface area contributed by atoms with Crippen molar-refractivity contribution in [3.05, 3.63) is 35.4 Å². The highest BCUT2D eigenvalue weighted by molar-refractivity contribution is 5.25. The van der Waals surface area contributed by atoms with Crippen LogP contribution in [0.3, 0.4) is 0 Å². The first-order valence-electron chi connectivity index (χ1n) is 7.70. The molecule has 2 heteroatoms. The lowest BCUT2D eigenvalue weighted by Gasteiger charge is -2.33. The Morgan fingerprint density at radius 2 is 1.95 bits per heavy atom. The van der Waals surface area contributed by atoms with Gasteiger partial charge >= 0.3 is 0 Å². The average molecular weight is 261 g/mol. The minimum absolute atomic E-state index is 0.208. The van der Waals surface area contributed by atoms with Gasteiger partial charge in [0.15, 0.2) is 0 Å². The molecule has 1 heterocycles. The van der Waals surface area contributed by atoms with Crippen molar-refractivity contribution >= 4 is 0 Å². The Kier molecular flexibility index (Phi) is 5.00. The van der Waals surface area contributed by atoms with E-state index in [9.17, 15) is 5.11 Å². The van der Waals surface area contributed by atoms with E-state index in [4.69, 9.17) is 0 Å². The summed E-state index contributed by atoms with van der Waals surface area (Å²) in [5.41, 5.74) is 2.38. The molecule has 1 fully saturated rings. The maximum atomic E-state index is 10.6. The van der Waals surface area contributed by atoms with E-state index in [2.05, 4.69) is 49.9 Å². The summed E-state index contributed by atoms with van der Waals surface area (Å²) in [5, 5.41) is 10.6. The largest absolute Gasteiger partial charge is 0.387 e. The molecule has 1 saturated heterocycles. The second kappa shape index (κ2) is 6.53. The van der Waals surface area contributed by atoms with Crippen molar-refractivity contribution in [3.8, 4) is 0 Å². The average Bonchev–Trinajstić information content (AvgIpc) is 2.94. The summed E-state index contributed by atoms with van der Waals surface area (Å²) in [7, 11) is 0. The van der Waals surface area contributed by atoms with Crippen LogP contribution in [0.5, 0.6) is 0 Å². The van der Waals surface area contributed by atoms with Crippen molar-refractivity contribution in [2.24, 2.45) is 0 Å². The second-order valence-electron chi connectivity index (χ2n) is 5.72. The molecule has 3 atom stereocenters. The molecule has 2 nitrogen and oxygen atoms in total. The van der Waals surface area contributed by atoms with Crippen LogP contribution < -0.4 is 0 Å². The minimum Gasteiger partial charge on any atom is -0.387 e. The third-order valence-electron chi connectivity index (χ3n) is 4.60. The maximum absolute atomic E-state index is 10.6. The summed E-state index contributed by atoms with van der Waals surface area (Å²) in [6, 6.07) is 9.28. The van der Waals surface area contributed by atoms with Crippen LogP contribution in [0, 0.1) is 0 Å². The molecule has 1 N–H and O–H groups in total. The van der Waals surface area contributed by atoms with Crippen LogP contribution >= 0.6 is 0 Å². The fraction of sp³-hybridized carbons (Fsp3) is 0.647. The van der Waals surface area contributed by atoms with Crippen LogP contribution in [0.2, 0.25) is 0 Å². The topological polar surface area (TPSA) is 23.5 Å². The van der Waals surface area contributed by atoms with Crippen LogP contribution in [-0.2, 0) is 6.42 Å². The van der Waals surface area contributed by atoms with Gasteiger partial charge in [0.1, 0.15) is 0 Å². The van der Waals surface area contributed by atoms with Gasteiger partial charge in [0.25, 0.3) is 0 Å². The van der Waals surface area contributed by atoms with Gasteiger partial charge in [-0.3, -0.25) is 4.90 Å². The lowest BCUT2D eigenvalue weighted by Crippen LogP contribution is -2.40. The van der Waals surface area contributed by atoms with Crippen molar-refractivity contribution in [2.75, 3.05) is 6.54 Å². The third kappa shape index (κ3) is 3.18. The molecule has 0 aromatic heterocycles. The smallest absolute Gasteiger partial charge is 0.0942 e. The normalized spacial score (nSPS) is 23.5. The Balaban J connectivity index is 2.07. The molecule has 1 aromatic carbocycles. The monoisotopic (exact) mass is 261 g/mol. The van der Waals surface area contributed by atoms with E-state index < -0.39 is 0 Å².